The number of sulfonamides is 1. The monoisotopic (exact) mass is 270 g/mol. The highest BCUT2D eigenvalue weighted by atomic mass is 32.2. The van der Waals surface area contributed by atoms with Crippen LogP contribution in [0, 0.1) is 5.82 Å². The second kappa shape index (κ2) is 4.79. The zero-order chi connectivity index (χ0) is 13.2. The Balaban J connectivity index is 2.20. The average Bonchev–Trinajstić information content (AvgIpc) is 2.78. The predicted molar refractivity (Wildman–Crippen MR) is 63.5 cm³/mol. The van der Waals surface area contributed by atoms with Gasteiger partial charge in [-0.1, -0.05) is 0 Å². The van der Waals surface area contributed by atoms with Gasteiger partial charge in [0.05, 0.1) is 18.2 Å². The number of benzene rings is 1. The number of nitrogens with two attached hydrogens (primary N) is 1. The maximum Gasteiger partial charge on any atom is 0.242 e. The van der Waals surface area contributed by atoms with Crippen molar-refractivity contribution in [2.75, 3.05) is 5.73 Å². The lowest BCUT2D eigenvalue weighted by Crippen LogP contribution is -2.24. The molecule has 7 heteroatoms. The topological polar surface area (TPSA) is 85.3 Å². The van der Waals surface area contributed by atoms with Gasteiger partial charge < -0.3 is 10.2 Å². The van der Waals surface area contributed by atoms with E-state index < -0.39 is 15.8 Å². The molecule has 0 aliphatic rings. The van der Waals surface area contributed by atoms with Crippen molar-refractivity contribution >= 4 is 15.7 Å². The summed E-state index contributed by atoms with van der Waals surface area (Å²) in [5.74, 6) is -0.582. The molecule has 3 N–H and O–H groups in total. The van der Waals surface area contributed by atoms with Crippen LogP contribution < -0.4 is 10.5 Å². The molecule has 0 amide bonds. The summed E-state index contributed by atoms with van der Waals surface area (Å²) in [7, 11) is -3.77. The van der Waals surface area contributed by atoms with Crippen LogP contribution in [0.25, 0.3) is 0 Å². The summed E-state index contributed by atoms with van der Waals surface area (Å²) < 4.78 is 43.8. The van der Waals surface area contributed by atoms with Gasteiger partial charge in [0.1, 0.15) is 10.7 Å². The molecule has 18 heavy (non-hydrogen) atoms. The van der Waals surface area contributed by atoms with Gasteiger partial charge in [0.2, 0.25) is 10.0 Å². The van der Waals surface area contributed by atoms with E-state index in [4.69, 9.17) is 10.2 Å². The van der Waals surface area contributed by atoms with Gasteiger partial charge in [0.25, 0.3) is 0 Å². The van der Waals surface area contributed by atoms with Gasteiger partial charge in [-0.2, -0.15) is 0 Å². The fraction of sp³-hybridized carbons (Fsp3) is 0.0909. The van der Waals surface area contributed by atoms with Crippen molar-refractivity contribution in [1.82, 2.24) is 4.72 Å². The van der Waals surface area contributed by atoms with Gasteiger partial charge >= 0.3 is 0 Å². The van der Waals surface area contributed by atoms with E-state index in [1.165, 1.54) is 12.5 Å². The van der Waals surface area contributed by atoms with Crippen molar-refractivity contribution in [2.45, 2.75) is 11.4 Å². The summed E-state index contributed by atoms with van der Waals surface area (Å²) >= 11 is 0. The molecule has 0 aliphatic carbocycles. The molecular formula is C11H11FN2O3S. The number of hydrogen-bond acceptors (Lipinski definition) is 4. The minimum atomic E-state index is -3.77. The van der Waals surface area contributed by atoms with Crippen molar-refractivity contribution < 1.29 is 17.2 Å². The number of hydrogen-bond donors (Lipinski definition) is 2. The molecule has 0 unspecified atom stereocenters. The maximum absolute atomic E-state index is 12.8. The van der Waals surface area contributed by atoms with Crippen LogP contribution in [0.4, 0.5) is 10.1 Å². The van der Waals surface area contributed by atoms with E-state index in [0.29, 0.717) is 5.56 Å². The first kappa shape index (κ1) is 12.6. The molecule has 2 aromatic rings. The van der Waals surface area contributed by atoms with Crippen LogP contribution in [-0.4, -0.2) is 8.42 Å². The SMILES string of the molecule is Nc1cc(F)ccc1S(=O)(=O)NCc1ccoc1. The maximum atomic E-state index is 12.8. The Hall–Kier alpha value is -1.86. The first-order valence-corrected chi connectivity index (χ1v) is 6.53. The zero-order valence-corrected chi connectivity index (χ0v) is 10.1. The van der Waals surface area contributed by atoms with Gasteiger partial charge in [-0.05, 0) is 24.3 Å². The first-order chi connectivity index (χ1) is 8.49. The lowest BCUT2D eigenvalue weighted by Gasteiger charge is -2.08. The quantitative estimate of drug-likeness (QED) is 0.824. The second-order valence-corrected chi connectivity index (χ2v) is 5.37. The van der Waals surface area contributed by atoms with Crippen LogP contribution in [-0.2, 0) is 16.6 Å². The van der Waals surface area contributed by atoms with E-state index >= 15 is 0 Å². The van der Waals surface area contributed by atoms with Gasteiger partial charge in [0.15, 0.2) is 0 Å². The Morgan fingerprint density at radius 1 is 1.33 bits per heavy atom. The third-order valence-corrected chi connectivity index (χ3v) is 3.78. The number of rotatable bonds is 4. The molecule has 0 spiro atoms. The van der Waals surface area contributed by atoms with Gasteiger partial charge in [-0.25, -0.2) is 17.5 Å². The number of anilines is 1. The second-order valence-electron chi connectivity index (χ2n) is 3.64. The van der Waals surface area contributed by atoms with Crippen molar-refractivity contribution in [3.63, 3.8) is 0 Å². The molecular weight excluding hydrogens is 259 g/mol. The normalized spacial score (nSPS) is 11.6. The van der Waals surface area contributed by atoms with Crippen LogP contribution >= 0.6 is 0 Å². The lowest BCUT2D eigenvalue weighted by atomic mass is 10.3. The Bertz CT molecular complexity index is 638. The van der Waals surface area contributed by atoms with Crippen LogP contribution in [0.15, 0.2) is 46.1 Å². The van der Waals surface area contributed by atoms with E-state index in [2.05, 4.69) is 4.72 Å². The van der Waals surface area contributed by atoms with Crippen LogP contribution in [0.1, 0.15) is 5.56 Å². The molecule has 1 aromatic carbocycles. The third kappa shape index (κ3) is 2.69. The Kier molecular flexibility index (Phi) is 3.35. The largest absolute Gasteiger partial charge is 0.472 e. The predicted octanol–water partition coefficient (Wildman–Crippen LogP) is 1.48. The first-order valence-electron chi connectivity index (χ1n) is 5.05. The molecule has 0 saturated carbocycles. The van der Waals surface area contributed by atoms with Gasteiger partial charge in [0, 0.05) is 12.1 Å². The van der Waals surface area contributed by atoms with Crippen LogP contribution in [0.2, 0.25) is 0 Å². The molecule has 2 rings (SSSR count). The molecule has 5 nitrogen and oxygen atoms in total. The van der Waals surface area contributed by atoms with Crippen LogP contribution in [0.3, 0.4) is 0 Å². The summed E-state index contributed by atoms with van der Waals surface area (Å²) in [6, 6.07) is 4.77. The zero-order valence-electron chi connectivity index (χ0n) is 9.26. The van der Waals surface area contributed by atoms with E-state index in [-0.39, 0.29) is 17.1 Å². The Morgan fingerprint density at radius 3 is 2.72 bits per heavy atom. The van der Waals surface area contributed by atoms with Gasteiger partial charge in [-0.15, -0.1) is 0 Å². The molecule has 0 saturated heterocycles. The number of furan rings is 1. The number of nitrogen functional groups attached to an aromatic ring is 1. The highest BCUT2D eigenvalue weighted by molar-refractivity contribution is 7.89. The molecule has 0 aliphatic heterocycles. The standard InChI is InChI=1S/C11H11FN2O3S/c12-9-1-2-11(10(13)5-9)18(15,16)14-6-8-3-4-17-7-8/h1-5,7,14H,6,13H2. The summed E-state index contributed by atoms with van der Waals surface area (Å²) in [6.07, 6.45) is 2.87. The smallest absolute Gasteiger partial charge is 0.242 e. The molecule has 0 fully saturated rings. The minimum Gasteiger partial charge on any atom is -0.472 e. The highest BCUT2D eigenvalue weighted by Crippen LogP contribution is 2.19. The minimum absolute atomic E-state index is 0.0790. The van der Waals surface area contributed by atoms with E-state index in [1.807, 2.05) is 0 Å². The van der Waals surface area contributed by atoms with Crippen LogP contribution in [0.5, 0.6) is 0 Å². The third-order valence-electron chi connectivity index (χ3n) is 2.31. The van der Waals surface area contributed by atoms with E-state index in [1.54, 1.807) is 6.07 Å². The molecule has 0 radical (unpaired) electrons. The molecule has 0 atom stereocenters. The summed E-state index contributed by atoms with van der Waals surface area (Å²) in [5, 5.41) is 0. The number of nitrogens with one attached hydrogen (secondary N) is 1. The fourth-order valence-corrected chi connectivity index (χ4v) is 2.54. The van der Waals surface area contributed by atoms with Crippen molar-refractivity contribution in [2.24, 2.45) is 0 Å². The lowest BCUT2D eigenvalue weighted by molar-refractivity contribution is 0.561. The molecule has 96 valence electrons. The number of halogens is 1. The van der Waals surface area contributed by atoms with Gasteiger partial charge in [-0.3, -0.25) is 0 Å². The van der Waals surface area contributed by atoms with Crippen molar-refractivity contribution in [3.05, 3.63) is 48.2 Å². The van der Waals surface area contributed by atoms with E-state index in [9.17, 15) is 12.8 Å². The fourth-order valence-electron chi connectivity index (χ4n) is 1.41. The highest BCUT2D eigenvalue weighted by Gasteiger charge is 2.17. The Labute approximate surface area is 103 Å². The summed E-state index contributed by atoms with van der Waals surface area (Å²) in [6.45, 7) is 0.0790. The summed E-state index contributed by atoms with van der Waals surface area (Å²) in [4.78, 5) is -0.146. The average molecular weight is 270 g/mol. The molecule has 1 heterocycles. The van der Waals surface area contributed by atoms with Crippen molar-refractivity contribution in [1.29, 1.82) is 0 Å². The van der Waals surface area contributed by atoms with Crippen molar-refractivity contribution in [3.8, 4) is 0 Å². The van der Waals surface area contributed by atoms with E-state index in [0.717, 1.165) is 18.2 Å². The molecule has 0 bridgehead atoms. The Morgan fingerprint density at radius 2 is 2.11 bits per heavy atom. The molecule has 1 aromatic heterocycles. The summed E-state index contributed by atoms with van der Waals surface area (Å²) in [5.41, 5.74) is 6.03.